The van der Waals surface area contributed by atoms with Gasteiger partial charge in [-0.25, -0.2) is 9.36 Å². The number of aromatic nitrogens is 2. The maximum absolute atomic E-state index is 11.6. The molecule has 112 valence electrons. The molecule has 1 aromatic heterocycles. The summed E-state index contributed by atoms with van der Waals surface area (Å²) in [6.07, 6.45) is -1.37. The number of hydrogen-bond acceptors (Lipinski definition) is 7. The van der Waals surface area contributed by atoms with Gasteiger partial charge in [0.2, 0.25) is 0 Å². The van der Waals surface area contributed by atoms with Gasteiger partial charge in [0.05, 0.1) is 12.7 Å². The summed E-state index contributed by atoms with van der Waals surface area (Å²) in [6, 6.07) is 1.37. The van der Waals surface area contributed by atoms with Gasteiger partial charge in [0.1, 0.15) is 11.9 Å². The van der Waals surface area contributed by atoms with E-state index in [2.05, 4.69) is 9.51 Å². The van der Waals surface area contributed by atoms with Crippen molar-refractivity contribution in [3.63, 3.8) is 0 Å². The van der Waals surface area contributed by atoms with Gasteiger partial charge in [-0.05, 0) is 6.07 Å². The lowest BCUT2D eigenvalue weighted by atomic mass is 10.2. The predicted octanol–water partition coefficient (Wildman–Crippen LogP) is -1.42. The van der Waals surface area contributed by atoms with Gasteiger partial charge in [-0.3, -0.25) is 9.09 Å². The zero-order chi connectivity index (χ0) is 14.9. The lowest BCUT2D eigenvalue weighted by Gasteiger charge is -2.17. The normalized spacial score (nSPS) is 26.9. The van der Waals surface area contributed by atoms with E-state index in [1.54, 1.807) is 0 Å². The van der Waals surface area contributed by atoms with E-state index >= 15 is 0 Å². The van der Waals surface area contributed by atoms with Crippen molar-refractivity contribution in [2.24, 2.45) is 0 Å². The average Bonchev–Trinajstić information content (AvgIpc) is 2.67. The Morgan fingerprint density at radius 2 is 2.30 bits per heavy atom. The molecule has 10 nitrogen and oxygen atoms in total. The number of nitrogen functional groups attached to an aromatic ring is 1. The van der Waals surface area contributed by atoms with Crippen LogP contribution in [0.15, 0.2) is 17.1 Å². The Labute approximate surface area is 113 Å². The van der Waals surface area contributed by atoms with Crippen LogP contribution in [0.1, 0.15) is 12.6 Å². The van der Waals surface area contributed by atoms with Crippen LogP contribution >= 0.6 is 7.82 Å². The number of anilines is 1. The van der Waals surface area contributed by atoms with Crippen LogP contribution in [0.25, 0.3) is 0 Å². The molecule has 2 rings (SSSR count). The molecular formula is C9H14N3O7P. The Balaban J connectivity index is 2.07. The SMILES string of the molecule is Nc1ccn([C@@H]2O[C@H](COP(=O)(O)O)C[C@@H]2O)c(=O)n1. The summed E-state index contributed by atoms with van der Waals surface area (Å²) in [6.45, 7) is -0.394. The van der Waals surface area contributed by atoms with Crippen LogP contribution in [0.4, 0.5) is 5.82 Å². The second-order valence-corrected chi connectivity index (χ2v) is 5.52. The third-order valence-electron chi connectivity index (χ3n) is 2.72. The summed E-state index contributed by atoms with van der Waals surface area (Å²) in [4.78, 5) is 32.3. The molecule has 0 bridgehead atoms. The first-order chi connectivity index (χ1) is 9.26. The molecule has 20 heavy (non-hydrogen) atoms. The van der Waals surface area contributed by atoms with Gasteiger partial charge in [0, 0.05) is 12.6 Å². The summed E-state index contributed by atoms with van der Waals surface area (Å²) in [5.74, 6) is 0.0418. The highest BCUT2D eigenvalue weighted by molar-refractivity contribution is 7.46. The smallest absolute Gasteiger partial charge is 0.388 e. The third-order valence-corrected chi connectivity index (χ3v) is 3.21. The topological polar surface area (TPSA) is 157 Å². The van der Waals surface area contributed by atoms with Crippen LogP contribution in [0.3, 0.4) is 0 Å². The first-order valence-electron chi connectivity index (χ1n) is 5.64. The van der Waals surface area contributed by atoms with Gasteiger partial charge in [-0.15, -0.1) is 0 Å². The highest BCUT2D eigenvalue weighted by Crippen LogP contribution is 2.38. The highest BCUT2D eigenvalue weighted by atomic mass is 31.2. The maximum Gasteiger partial charge on any atom is 0.469 e. The summed E-state index contributed by atoms with van der Waals surface area (Å²) in [5, 5.41) is 9.84. The molecule has 0 spiro atoms. The first kappa shape index (κ1) is 15.1. The Morgan fingerprint density at radius 3 is 2.90 bits per heavy atom. The Kier molecular flexibility index (Phi) is 4.23. The number of rotatable bonds is 4. The molecule has 11 heteroatoms. The standard InChI is InChI=1S/C9H14N3O7P/c10-7-1-2-12(9(14)11-7)8-6(13)3-5(19-8)4-18-20(15,16)17/h1-2,5-6,8,13H,3-4H2,(H2,10,11,14)(H2,15,16,17)/t5-,6-,8+/m0/s1. The summed E-state index contributed by atoms with van der Waals surface area (Å²) < 4.78 is 21.3. The average molecular weight is 307 g/mol. The molecule has 1 saturated heterocycles. The molecule has 5 N–H and O–H groups in total. The van der Waals surface area contributed by atoms with Crippen molar-refractivity contribution >= 4 is 13.6 Å². The number of nitrogens with zero attached hydrogens (tertiary/aromatic N) is 2. The number of aliphatic hydroxyl groups is 1. The van der Waals surface area contributed by atoms with Crippen LogP contribution in [-0.2, 0) is 13.8 Å². The van der Waals surface area contributed by atoms with Crippen molar-refractivity contribution in [2.45, 2.75) is 24.9 Å². The third kappa shape index (κ3) is 3.63. The van der Waals surface area contributed by atoms with E-state index < -0.39 is 38.6 Å². The molecule has 0 aliphatic carbocycles. The molecule has 0 saturated carbocycles. The molecule has 1 fully saturated rings. The van der Waals surface area contributed by atoms with E-state index in [0.717, 1.165) is 4.57 Å². The monoisotopic (exact) mass is 307 g/mol. The van der Waals surface area contributed by atoms with E-state index in [9.17, 15) is 14.5 Å². The maximum atomic E-state index is 11.6. The van der Waals surface area contributed by atoms with Crippen LogP contribution in [0.5, 0.6) is 0 Å². The Hall–Kier alpha value is -1.29. The number of nitrogens with two attached hydrogens (primary N) is 1. The molecule has 0 aromatic carbocycles. The molecule has 0 amide bonds. The second kappa shape index (κ2) is 5.60. The fourth-order valence-corrected chi connectivity index (χ4v) is 2.25. The van der Waals surface area contributed by atoms with Crippen LogP contribution in [0.2, 0.25) is 0 Å². The molecule has 1 aromatic rings. The quantitative estimate of drug-likeness (QED) is 0.490. The second-order valence-electron chi connectivity index (χ2n) is 4.28. The largest absolute Gasteiger partial charge is 0.469 e. The molecule has 2 heterocycles. The van der Waals surface area contributed by atoms with E-state index in [1.165, 1.54) is 12.3 Å². The van der Waals surface area contributed by atoms with Gasteiger partial charge in [0.25, 0.3) is 0 Å². The Bertz CT molecular complexity index is 585. The summed E-state index contributed by atoms with van der Waals surface area (Å²) in [7, 11) is -4.60. The van der Waals surface area contributed by atoms with Gasteiger partial charge in [-0.2, -0.15) is 4.98 Å². The number of phosphoric acid groups is 1. The van der Waals surface area contributed by atoms with Gasteiger partial charge < -0.3 is 25.4 Å². The fraction of sp³-hybridized carbons (Fsp3) is 0.556. The van der Waals surface area contributed by atoms with Crippen molar-refractivity contribution in [3.8, 4) is 0 Å². The number of ether oxygens (including phenoxy) is 1. The summed E-state index contributed by atoms with van der Waals surface area (Å²) in [5.41, 5.74) is 4.66. The molecular weight excluding hydrogens is 293 g/mol. The zero-order valence-corrected chi connectivity index (χ0v) is 11.1. The van der Waals surface area contributed by atoms with Crippen molar-refractivity contribution in [2.75, 3.05) is 12.3 Å². The molecule has 0 radical (unpaired) electrons. The minimum Gasteiger partial charge on any atom is -0.388 e. The van der Waals surface area contributed by atoms with E-state index in [-0.39, 0.29) is 12.2 Å². The van der Waals surface area contributed by atoms with E-state index in [4.69, 9.17) is 20.3 Å². The van der Waals surface area contributed by atoms with Gasteiger partial charge >= 0.3 is 13.5 Å². The van der Waals surface area contributed by atoms with Gasteiger partial charge in [0.15, 0.2) is 6.23 Å². The van der Waals surface area contributed by atoms with Crippen LogP contribution in [0, 0.1) is 0 Å². The number of aliphatic hydroxyl groups excluding tert-OH is 1. The van der Waals surface area contributed by atoms with Crippen molar-refractivity contribution < 1.29 is 28.7 Å². The highest BCUT2D eigenvalue weighted by Gasteiger charge is 2.37. The summed E-state index contributed by atoms with van der Waals surface area (Å²) >= 11 is 0. The Morgan fingerprint density at radius 1 is 1.60 bits per heavy atom. The number of phosphoric ester groups is 1. The molecule has 3 atom stereocenters. The van der Waals surface area contributed by atoms with Crippen molar-refractivity contribution in [1.29, 1.82) is 0 Å². The predicted molar refractivity (Wildman–Crippen MR) is 65.4 cm³/mol. The minimum absolute atomic E-state index is 0.0418. The lowest BCUT2D eigenvalue weighted by Crippen LogP contribution is -2.31. The van der Waals surface area contributed by atoms with Crippen LogP contribution < -0.4 is 11.4 Å². The molecule has 1 aliphatic heterocycles. The van der Waals surface area contributed by atoms with Crippen molar-refractivity contribution in [1.82, 2.24) is 9.55 Å². The molecule has 0 unspecified atom stereocenters. The van der Waals surface area contributed by atoms with Crippen LogP contribution in [-0.4, -0.2) is 43.3 Å². The number of hydrogen-bond donors (Lipinski definition) is 4. The minimum atomic E-state index is -4.60. The lowest BCUT2D eigenvalue weighted by molar-refractivity contribution is -0.0524. The molecule has 1 aliphatic rings. The van der Waals surface area contributed by atoms with Crippen molar-refractivity contribution in [3.05, 3.63) is 22.7 Å². The van der Waals surface area contributed by atoms with Gasteiger partial charge in [-0.1, -0.05) is 0 Å². The van der Waals surface area contributed by atoms with E-state index in [0.29, 0.717) is 0 Å². The fourth-order valence-electron chi connectivity index (χ4n) is 1.89. The van der Waals surface area contributed by atoms with E-state index in [1.807, 2.05) is 0 Å². The zero-order valence-electron chi connectivity index (χ0n) is 10.2. The first-order valence-corrected chi connectivity index (χ1v) is 7.17.